The predicted molar refractivity (Wildman–Crippen MR) is 48.0 cm³/mol. The second-order valence-corrected chi connectivity index (χ2v) is 4.38. The molecule has 2 fully saturated rings. The van der Waals surface area contributed by atoms with Crippen LogP contribution >= 0.6 is 0 Å². The molecule has 15 heavy (non-hydrogen) atoms. The minimum atomic E-state index is -2.77. The SMILES string of the molecule is N#CC1(C(=O)N2CCC(F)(F)C2)CCC1. The molecule has 2 rings (SSSR count). The first-order valence-electron chi connectivity index (χ1n) is 5.08. The van der Waals surface area contributed by atoms with Crippen LogP contribution in [0, 0.1) is 16.7 Å². The summed E-state index contributed by atoms with van der Waals surface area (Å²) in [4.78, 5) is 13.0. The summed E-state index contributed by atoms with van der Waals surface area (Å²) >= 11 is 0. The molecule has 1 aliphatic heterocycles. The molecule has 5 heteroatoms. The van der Waals surface area contributed by atoms with Gasteiger partial charge in [-0.1, -0.05) is 0 Å². The van der Waals surface area contributed by atoms with Crippen LogP contribution in [0.3, 0.4) is 0 Å². The molecule has 0 aromatic heterocycles. The first-order valence-corrected chi connectivity index (χ1v) is 5.08. The van der Waals surface area contributed by atoms with Gasteiger partial charge in [-0.2, -0.15) is 5.26 Å². The van der Waals surface area contributed by atoms with Crippen LogP contribution in [-0.4, -0.2) is 29.8 Å². The van der Waals surface area contributed by atoms with Crippen LogP contribution in [0.15, 0.2) is 0 Å². The van der Waals surface area contributed by atoms with E-state index in [9.17, 15) is 13.6 Å². The minimum Gasteiger partial charge on any atom is -0.335 e. The molecular weight excluding hydrogens is 202 g/mol. The molecule has 0 N–H and O–H groups in total. The molecule has 0 unspecified atom stereocenters. The Labute approximate surface area is 86.7 Å². The lowest BCUT2D eigenvalue weighted by Crippen LogP contribution is -2.46. The largest absolute Gasteiger partial charge is 0.335 e. The van der Waals surface area contributed by atoms with Crippen LogP contribution < -0.4 is 0 Å². The standard InChI is InChI=1S/C10H12F2N2O/c11-10(12)4-5-14(7-10)8(15)9(6-13)2-1-3-9/h1-5,7H2. The Bertz CT molecular complexity index is 331. The van der Waals surface area contributed by atoms with Gasteiger partial charge >= 0.3 is 0 Å². The third-order valence-corrected chi connectivity index (χ3v) is 3.29. The van der Waals surface area contributed by atoms with Crippen molar-refractivity contribution >= 4 is 5.91 Å². The zero-order valence-electron chi connectivity index (χ0n) is 8.30. The van der Waals surface area contributed by atoms with Crippen molar-refractivity contribution in [1.29, 1.82) is 5.26 Å². The lowest BCUT2D eigenvalue weighted by Gasteiger charge is -2.36. The summed E-state index contributed by atoms with van der Waals surface area (Å²) in [6, 6.07) is 1.98. The molecule has 0 radical (unpaired) electrons. The van der Waals surface area contributed by atoms with E-state index in [0.29, 0.717) is 12.8 Å². The molecule has 1 saturated heterocycles. The molecule has 1 saturated carbocycles. The highest BCUT2D eigenvalue weighted by atomic mass is 19.3. The van der Waals surface area contributed by atoms with Gasteiger partial charge < -0.3 is 4.90 Å². The summed E-state index contributed by atoms with van der Waals surface area (Å²) in [5.74, 6) is -3.16. The van der Waals surface area contributed by atoms with Crippen molar-refractivity contribution in [2.75, 3.05) is 13.1 Å². The zero-order valence-corrected chi connectivity index (χ0v) is 8.30. The fourth-order valence-corrected chi connectivity index (χ4v) is 2.12. The number of halogens is 2. The first-order chi connectivity index (χ1) is 6.99. The van der Waals surface area contributed by atoms with Crippen molar-refractivity contribution in [2.45, 2.75) is 31.6 Å². The Morgan fingerprint density at radius 3 is 2.33 bits per heavy atom. The minimum absolute atomic E-state index is 0.0786. The zero-order chi connectivity index (χ0) is 11.1. The van der Waals surface area contributed by atoms with Crippen LogP contribution in [0.25, 0.3) is 0 Å². The topological polar surface area (TPSA) is 44.1 Å². The third-order valence-electron chi connectivity index (χ3n) is 3.29. The smallest absolute Gasteiger partial charge is 0.267 e. The summed E-state index contributed by atoms with van der Waals surface area (Å²) in [5, 5.41) is 8.91. The quantitative estimate of drug-likeness (QED) is 0.664. The maximum Gasteiger partial charge on any atom is 0.267 e. The fourth-order valence-electron chi connectivity index (χ4n) is 2.12. The van der Waals surface area contributed by atoms with Gasteiger partial charge in [0.05, 0.1) is 12.6 Å². The fraction of sp³-hybridized carbons (Fsp3) is 0.800. The number of nitrogens with zero attached hydrogens (tertiary/aromatic N) is 2. The molecule has 2 aliphatic rings. The van der Waals surface area contributed by atoms with Gasteiger partial charge in [-0.15, -0.1) is 0 Å². The molecule has 3 nitrogen and oxygen atoms in total. The second kappa shape index (κ2) is 3.16. The molecular formula is C10H12F2N2O. The summed E-state index contributed by atoms with van der Waals surface area (Å²) < 4.78 is 25.8. The van der Waals surface area contributed by atoms with E-state index >= 15 is 0 Å². The highest BCUT2D eigenvalue weighted by molar-refractivity contribution is 5.86. The van der Waals surface area contributed by atoms with E-state index in [-0.39, 0.29) is 13.0 Å². The number of alkyl halides is 2. The Balaban J connectivity index is 2.07. The van der Waals surface area contributed by atoms with Crippen molar-refractivity contribution < 1.29 is 13.6 Å². The average Bonchev–Trinajstić information content (AvgIpc) is 2.45. The third kappa shape index (κ3) is 1.58. The maximum absolute atomic E-state index is 12.9. The number of carbonyl (C=O) groups is 1. The summed E-state index contributed by atoms with van der Waals surface area (Å²) in [5.41, 5.74) is -0.986. The van der Waals surface area contributed by atoms with E-state index in [1.807, 2.05) is 6.07 Å². The van der Waals surface area contributed by atoms with Gasteiger partial charge in [0.2, 0.25) is 5.91 Å². The number of amides is 1. The van der Waals surface area contributed by atoms with Gasteiger partial charge in [-0.05, 0) is 19.3 Å². The van der Waals surface area contributed by atoms with Gasteiger partial charge in [0.25, 0.3) is 5.92 Å². The maximum atomic E-state index is 12.9. The summed E-state index contributed by atoms with van der Waals surface area (Å²) in [6.07, 6.45) is 1.60. The molecule has 0 aromatic rings. The molecule has 1 amide bonds. The van der Waals surface area contributed by atoms with E-state index in [1.165, 1.54) is 0 Å². The molecule has 0 spiro atoms. The van der Waals surface area contributed by atoms with E-state index in [2.05, 4.69) is 0 Å². The van der Waals surface area contributed by atoms with E-state index in [4.69, 9.17) is 5.26 Å². The number of hydrogen-bond donors (Lipinski definition) is 0. The van der Waals surface area contributed by atoms with Gasteiger partial charge in [-0.3, -0.25) is 4.79 Å². The lowest BCUT2D eigenvalue weighted by molar-refractivity contribution is -0.143. The van der Waals surface area contributed by atoms with Crippen LogP contribution in [0.5, 0.6) is 0 Å². The normalized spacial score (nSPS) is 26.9. The molecule has 0 bridgehead atoms. The number of likely N-dealkylation sites (tertiary alicyclic amines) is 1. The van der Waals surface area contributed by atoms with Gasteiger partial charge in [0.1, 0.15) is 5.41 Å². The average molecular weight is 214 g/mol. The Kier molecular flexibility index (Phi) is 2.18. The highest BCUT2D eigenvalue weighted by Gasteiger charge is 2.50. The molecule has 1 aliphatic carbocycles. The van der Waals surface area contributed by atoms with Crippen LogP contribution in [0.1, 0.15) is 25.7 Å². The number of rotatable bonds is 1. The van der Waals surface area contributed by atoms with Crippen LogP contribution in [0.2, 0.25) is 0 Å². The summed E-state index contributed by atoms with van der Waals surface area (Å²) in [6.45, 7) is -0.440. The number of nitriles is 1. The molecule has 1 heterocycles. The van der Waals surface area contributed by atoms with E-state index in [1.54, 1.807) is 0 Å². The second-order valence-electron chi connectivity index (χ2n) is 4.38. The van der Waals surface area contributed by atoms with E-state index in [0.717, 1.165) is 11.3 Å². The Morgan fingerprint density at radius 1 is 1.33 bits per heavy atom. The van der Waals surface area contributed by atoms with Gasteiger partial charge in [0.15, 0.2) is 0 Å². The predicted octanol–water partition coefficient (Wildman–Crippen LogP) is 1.55. The van der Waals surface area contributed by atoms with Crippen LogP contribution in [-0.2, 0) is 4.79 Å². The molecule has 82 valence electrons. The Hall–Kier alpha value is -1.18. The number of carbonyl (C=O) groups excluding carboxylic acids is 1. The van der Waals surface area contributed by atoms with Crippen LogP contribution in [0.4, 0.5) is 8.78 Å². The van der Waals surface area contributed by atoms with Crippen molar-refractivity contribution in [1.82, 2.24) is 4.90 Å². The first kappa shape index (κ1) is 10.3. The van der Waals surface area contributed by atoms with Gasteiger partial charge in [-0.25, -0.2) is 8.78 Å². The van der Waals surface area contributed by atoms with Crippen molar-refractivity contribution in [2.24, 2.45) is 5.41 Å². The van der Waals surface area contributed by atoms with Crippen molar-refractivity contribution in [3.05, 3.63) is 0 Å². The summed E-state index contributed by atoms with van der Waals surface area (Å²) in [7, 11) is 0. The van der Waals surface area contributed by atoms with Crippen molar-refractivity contribution in [3.63, 3.8) is 0 Å². The Morgan fingerprint density at radius 2 is 2.00 bits per heavy atom. The molecule has 0 atom stereocenters. The molecule has 0 aromatic carbocycles. The van der Waals surface area contributed by atoms with E-state index < -0.39 is 23.8 Å². The highest BCUT2D eigenvalue weighted by Crippen LogP contribution is 2.43. The number of hydrogen-bond acceptors (Lipinski definition) is 2. The monoisotopic (exact) mass is 214 g/mol. The van der Waals surface area contributed by atoms with Crippen molar-refractivity contribution in [3.8, 4) is 6.07 Å². The van der Waals surface area contributed by atoms with Gasteiger partial charge in [0, 0.05) is 13.0 Å². The lowest BCUT2D eigenvalue weighted by atomic mass is 9.69.